The van der Waals surface area contributed by atoms with Crippen molar-refractivity contribution in [1.82, 2.24) is 20.2 Å². The Morgan fingerprint density at radius 2 is 2.53 bits per heavy atom. The number of nitrogens with one attached hydrogen (secondary N) is 2. The van der Waals surface area contributed by atoms with Gasteiger partial charge in [0.15, 0.2) is 0 Å². The third-order valence-electron chi connectivity index (χ3n) is 2.94. The largest absolute Gasteiger partial charge is 0.350 e. The first-order valence-electron chi connectivity index (χ1n) is 5.90. The number of carbonyl (C=O) groups excluding carboxylic acids is 1. The van der Waals surface area contributed by atoms with Gasteiger partial charge in [-0.2, -0.15) is 0 Å². The number of aryl methyl sites for hydroxylation is 1. The van der Waals surface area contributed by atoms with E-state index >= 15 is 0 Å². The zero-order chi connectivity index (χ0) is 12.1. The SMILES string of the molecule is Cn1cncc1C(=O)NCCC1=CCNCC1. The van der Waals surface area contributed by atoms with Crippen molar-refractivity contribution < 1.29 is 4.79 Å². The molecule has 2 N–H and O–H groups in total. The van der Waals surface area contributed by atoms with Crippen LogP contribution in [0.3, 0.4) is 0 Å². The summed E-state index contributed by atoms with van der Waals surface area (Å²) in [7, 11) is 1.82. The average Bonchev–Trinajstić information content (AvgIpc) is 2.77. The van der Waals surface area contributed by atoms with Crippen molar-refractivity contribution in [3.63, 3.8) is 0 Å². The molecule has 1 amide bonds. The van der Waals surface area contributed by atoms with Crippen LogP contribution in [0.2, 0.25) is 0 Å². The summed E-state index contributed by atoms with van der Waals surface area (Å²) >= 11 is 0. The van der Waals surface area contributed by atoms with E-state index in [0.717, 1.165) is 25.9 Å². The predicted molar refractivity (Wildman–Crippen MR) is 65.7 cm³/mol. The van der Waals surface area contributed by atoms with Gasteiger partial charge in [0.25, 0.3) is 5.91 Å². The highest BCUT2D eigenvalue weighted by Crippen LogP contribution is 2.08. The van der Waals surface area contributed by atoms with E-state index in [1.807, 2.05) is 7.05 Å². The first kappa shape index (κ1) is 11.9. The van der Waals surface area contributed by atoms with Crippen LogP contribution in [0.5, 0.6) is 0 Å². The van der Waals surface area contributed by atoms with Crippen molar-refractivity contribution in [2.24, 2.45) is 7.05 Å². The molecular weight excluding hydrogens is 216 g/mol. The number of rotatable bonds is 4. The van der Waals surface area contributed by atoms with Crippen LogP contribution in [-0.4, -0.2) is 35.1 Å². The van der Waals surface area contributed by atoms with E-state index in [4.69, 9.17) is 0 Å². The van der Waals surface area contributed by atoms with Gasteiger partial charge in [-0.15, -0.1) is 0 Å². The van der Waals surface area contributed by atoms with Crippen LogP contribution in [-0.2, 0) is 7.05 Å². The molecule has 0 saturated heterocycles. The molecule has 1 aromatic rings. The standard InChI is InChI=1S/C12H18N4O/c1-16-9-14-8-11(16)12(17)15-7-4-10-2-5-13-6-3-10/h2,8-9,13H,3-7H2,1H3,(H,15,17). The molecule has 17 heavy (non-hydrogen) atoms. The second-order valence-electron chi connectivity index (χ2n) is 4.21. The molecule has 1 aromatic heterocycles. The Bertz CT molecular complexity index is 422. The lowest BCUT2D eigenvalue weighted by Gasteiger charge is -2.14. The normalized spacial score (nSPS) is 15.5. The number of hydrogen-bond acceptors (Lipinski definition) is 3. The Morgan fingerprint density at radius 3 is 3.18 bits per heavy atom. The topological polar surface area (TPSA) is 59.0 Å². The van der Waals surface area contributed by atoms with E-state index in [1.54, 1.807) is 17.1 Å². The molecule has 0 fully saturated rings. The smallest absolute Gasteiger partial charge is 0.269 e. The Balaban J connectivity index is 1.77. The summed E-state index contributed by atoms with van der Waals surface area (Å²) in [5.74, 6) is -0.0560. The van der Waals surface area contributed by atoms with Crippen molar-refractivity contribution in [2.45, 2.75) is 12.8 Å². The summed E-state index contributed by atoms with van der Waals surface area (Å²) in [6.45, 7) is 2.68. The van der Waals surface area contributed by atoms with Crippen LogP contribution in [0.4, 0.5) is 0 Å². The Kier molecular flexibility index (Phi) is 3.93. The van der Waals surface area contributed by atoms with Crippen molar-refractivity contribution in [3.05, 3.63) is 29.9 Å². The third-order valence-corrected chi connectivity index (χ3v) is 2.94. The number of aromatic nitrogens is 2. The highest BCUT2D eigenvalue weighted by molar-refractivity contribution is 5.92. The third kappa shape index (κ3) is 3.17. The molecule has 5 heteroatoms. The molecule has 0 unspecified atom stereocenters. The molecule has 92 valence electrons. The predicted octanol–water partition coefficient (Wildman–Crippen LogP) is 0.460. The molecule has 0 saturated carbocycles. The molecule has 0 spiro atoms. The lowest BCUT2D eigenvalue weighted by atomic mass is 10.1. The van der Waals surface area contributed by atoms with Crippen LogP contribution in [0, 0.1) is 0 Å². The lowest BCUT2D eigenvalue weighted by molar-refractivity contribution is 0.0946. The van der Waals surface area contributed by atoms with Gasteiger partial charge in [0.05, 0.1) is 12.5 Å². The zero-order valence-electron chi connectivity index (χ0n) is 10.1. The zero-order valence-corrected chi connectivity index (χ0v) is 10.1. The van der Waals surface area contributed by atoms with E-state index in [9.17, 15) is 4.79 Å². The average molecular weight is 234 g/mol. The maximum absolute atomic E-state index is 11.8. The summed E-state index contributed by atoms with van der Waals surface area (Å²) in [5.41, 5.74) is 2.03. The van der Waals surface area contributed by atoms with Gasteiger partial charge in [0, 0.05) is 20.1 Å². The van der Waals surface area contributed by atoms with Crippen LogP contribution in [0.15, 0.2) is 24.2 Å². The van der Waals surface area contributed by atoms with E-state index in [1.165, 1.54) is 5.57 Å². The van der Waals surface area contributed by atoms with Crippen molar-refractivity contribution in [3.8, 4) is 0 Å². The van der Waals surface area contributed by atoms with E-state index in [2.05, 4.69) is 21.7 Å². The molecule has 2 heterocycles. The van der Waals surface area contributed by atoms with Crippen LogP contribution in [0.25, 0.3) is 0 Å². The lowest BCUT2D eigenvalue weighted by Crippen LogP contribution is -2.27. The van der Waals surface area contributed by atoms with Crippen LogP contribution in [0.1, 0.15) is 23.3 Å². The van der Waals surface area contributed by atoms with Crippen LogP contribution >= 0.6 is 0 Å². The molecule has 0 bridgehead atoms. The van der Waals surface area contributed by atoms with Crippen LogP contribution < -0.4 is 10.6 Å². The molecule has 1 aliphatic rings. The van der Waals surface area contributed by atoms with Gasteiger partial charge in [0.1, 0.15) is 5.69 Å². The van der Waals surface area contributed by atoms with Gasteiger partial charge in [-0.3, -0.25) is 4.79 Å². The molecule has 0 atom stereocenters. The first-order valence-corrected chi connectivity index (χ1v) is 5.90. The summed E-state index contributed by atoms with van der Waals surface area (Å²) in [4.78, 5) is 15.7. The second kappa shape index (κ2) is 5.63. The van der Waals surface area contributed by atoms with E-state index in [-0.39, 0.29) is 5.91 Å². The van der Waals surface area contributed by atoms with E-state index < -0.39 is 0 Å². The molecule has 0 radical (unpaired) electrons. The quantitative estimate of drug-likeness (QED) is 0.744. The van der Waals surface area contributed by atoms with Gasteiger partial charge < -0.3 is 15.2 Å². The number of amides is 1. The van der Waals surface area contributed by atoms with Gasteiger partial charge in [-0.05, 0) is 19.4 Å². The van der Waals surface area contributed by atoms with Gasteiger partial charge in [0.2, 0.25) is 0 Å². The van der Waals surface area contributed by atoms with Crippen molar-refractivity contribution in [1.29, 1.82) is 0 Å². The highest BCUT2D eigenvalue weighted by Gasteiger charge is 2.09. The molecule has 0 aliphatic carbocycles. The summed E-state index contributed by atoms with van der Waals surface area (Å²) in [5, 5.41) is 6.18. The summed E-state index contributed by atoms with van der Waals surface area (Å²) in [6, 6.07) is 0. The Morgan fingerprint density at radius 1 is 1.65 bits per heavy atom. The molecule has 5 nitrogen and oxygen atoms in total. The fourth-order valence-corrected chi connectivity index (χ4v) is 1.90. The summed E-state index contributed by atoms with van der Waals surface area (Å²) < 4.78 is 1.72. The maximum Gasteiger partial charge on any atom is 0.269 e. The molecule has 0 aromatic carbocycles. The fourth-order valence-electron chi connectivity index (χ4n) is 1.90. The highest BCUT2D eigenvalue weighted by atomic mass is 16.1. The maximum atomic E-state index is 11.8. The molecular formula is C12H18N4O. The monoisotopic (exact) mass is 234 g/mol. The first-order chi connectivity index (χ1) is 8.27. The molecule has 1 aliphatic heterocycles. The summed E-state index contributed by atoms with van der Waals surface area (Å²) in [6.07, 6.45) is 7.44. The molecule has 2 rings (SSSR count). The van der Waals surface area contributed by atoms with Crippen molar-refractivity contribution in [2.75, 3.05) is 19.6 Å². The van der Waals surface area contributed by atoms with Gasteiger partial charge in [-0.25, -0.2) is 4.98 Å². The van der Waals surface area contributed by atoms with Crippen molar-refractivity contribution >= 4 is 5.91 Å². The minimum Gasteiger partial charge on any atom is -0.350 e. The number of carbonyl (C=O) groups is 1. The van der Waals surface area contributed by atoms with E-state index in [0.29, 0.717) is 12.2 Å². The minimum absolute atomic E-state index is 0.0560. The Labute approximate surface area is 101 Å². The number of hydrogen-bond donors (Lipinski definition) is 2. The van der Waals surface area contributed by atoms with Gasteiger partial charge in [-0.1, -0.05) is 11.6 Å². The van der Waals surface area contributed by atoms with Gasteiger partial charge >= 0.3 is 0 Å². The number of imidazole rings is 1. The second-order valence-corrected chi connectivity index (χ2v) is 4.21. The Hall–Kier alpha value is -1.62. The number of nitrogens with zero attached hydrogens (tertiary/aromatic N) is 2. The minimum atomic E-state index is -0.0560. The fraction of sp³-hybridized carbons (Fsp3) is 0.500.